The quantitative estimate of drug-likeness (QED) is 0.478. The van der Waals surface area contributed by atoms with Gasteiger partial charge in [0.05, 0.1) is 4.92 Å². The lowest BCUT2D eigenvalue weighted by Gasteiger charge is -2.39. The van der Waals surface area contributed by atoms with Crippen LogP contribution in [-0.2, 0) is 9.59 Å². The van der Waals surface area contributed by atoms with E-state index in [1.165, 1.54) is 23.1 Å². The Balaban J connectivity index is 1.52. The summed E-state index contributed by atoms with van der Waals surface area (Å²) in [6.07, 6.45) is 10.4. The summed E-state index contributed by atoms with van der Waals surface area (Å²) in [4.78, 5) is 53.6. The van der Waals surface area contributed by atoms with E-state index in [2.05, 4.69) is 24.5 Å². The molecule has 4 rings (SSSR count). The molecule has 1 aliphatic carbocycles. The Morgan fingerprint density at radius 3 is 2.78 bits per heavy atom. The molecular weight excluding hydrogens is 462 g/mol. The topological polar surface area (TPSA) is 125 Å². The minimum Gasteiger partial charge on any atom is -0.341 e. The average Bonchev–Trinajstić information content (AvgIpc) is 2.96. The molecule has 1 aromatic rings. The molecule has 0 unspecified atom stereocenters. The van der Waals surface area contributed by atoms with Gasteiger partial charge in [-0.15, -0.1) is 0 Å². The molecule has 1 saturated heterocycles. The number of allylic oxidation sites excluding steroid dienone is 4. The number of amides is 4. The number of piperidine rings is 1. The van der Waals surface area contributed by atoms with Crippen molar-refractivity contribution >= 4 is 29.2 Å². The van der Waals surface area contributed by atoms with Crippen LogP contribution in [-0.4, -0.2) is 58.2 Å². The number of anilines is 1. The predicted molar refractivity (Wildman–Crippen MR) is 135 cm³/mol. The molecule has 4 amide bonds. The van der Waals surface area contributed by atoms with Crippen LogP contribution in [0, 0.1) is 15.5 Å². The molecule has 36 heavy (non-hydrogen) atoms. The second-order valence-electron chi connectivity index (χ2n) is 10.1. The van der Waals surface area contributed by atoms with Crippen LogP contribution in [0.5, 0.6) is 0 Å². The minimum absolute atomic E-state index is 0.0246. The number of hydrogen-bond acceptors (Lipinski definition) is 5. The first-order chi connectivity index (χ1) is 17.1. The molecule has 2 aliphatic heterocycles. The highest BCUT2D eigenvalue weighted by molar-refractivity contribution is 5.97. The van der Waals surface area contributed by atoms with Crippen molar-refractivity contribution in [2.45, 2.75) is 45.6 Å². The zero-order valence-electron chi connectivity index (χ0n) is 20.5. The fourth-order valence-corrected chi connectivity index (χ4v) is 4.90. The van der Waals surface area contributed by atoms with E-state index >= 15 is 0 Å². The molecule has 1 fully saturated rings. The van der Waals surface area contributed by atoms with Crippen molar-refractivity contribution < 1.29 is 19.3 Å². The number of hydrogen-bond donors (Lipinski definition) is 2. The highest BCUT2D eigenvalue weighted by Gasteiger charge is 2.36. The van der Waals surface area contributed by atoms with E-state index < -0.39 is 22.9 Å². The fourth-order valence-electron chi connectivity index (χ4n) is 4.90. The van der Waals surface area contributed by atoms with E-state index in [9.17, 15) is 24.5 Å². The Hall–Kier alpha value is -3.95. The normalized spacial score (nSPS) is 21.1. The number of fused-ring (bicyclic) bond motifs is 1. The highest BCUT2D eigenvalue weighted by Crippen LogP contribution is 2.31. The van der Waals surface area contributed by atoms with E-state index in [0.717, 1.165) is 18.4 Å². The smallest absolute Gasteiger partial charge is 0.320 e. The van der Waals surface area contributed by atoms with Gasteiger partial charge in [0.2, 0.25) is 11.8 Å². The third kappa shape index (κ3) is 5.64. The Morgan fingerprint density at radius 1 is 1.25 bits per heavy atom. The highest BCUT2D eigenvalue weighted by atomic mass is 16.6. The number of para-hydroxylation sites is 2. The molecule has 1 atom stereocenters. The number of benzene rings is 1. The molecule has 0 radical (unpaired) electrons. The summed E-state index contributed by atoms with van der Waals surface area (Å²) in [6.45, 7) is 5.44. The number of nitrogens with one attached hydrogen (secondary N) is 2. The van der Waals surface area contributed by atoms with Gasteiger partial charge in [0.1, 0.15) is 18.3 Å². The monoisotopic (exact) mass is 493 g/mol. The van der Waals surface area contributed by atoms with Crippen LogP contribution in [0.4, 0.5) is 16.2 Å². The van der Waals surface area contributed by atoms with E-state index in [0.29, 0.717) is 25.2 Å². The van der Waals surface area contributed by atoms with Gasteiger partial charge in [-0.3, -0.25) is 19.7 Å². The van der Waals surface area contributed by atoms with E-state index in [-0.39, 0.29) is 35.7 Å². The van der Waals surface area contributed by atoms with Crippen molar-refractivity contribution in [2.24, 2.45) is 5.41 Å². The number of rotatable bonds is 5. The van der Waals surface area contributed by atoms with Crippen LogP contribution in [0.25, 0.3) is 0 Å². The van der Waals surface area contributed by atoms with E-state index in [4.69, 9.17) is 0 Å². The van der Waals surface area contributed by atoms with Crippen molar-refractivity contribution in [3.8, 4) is 0 Å². The van der Waals surface area contributed by atoms with Crippen molar-refractivity contribution in [2.75, 3.05) is 25.0 Å². The lowest BCUT2D eigenvalue weighted by atomic mass is 9.84. The molecule has 0 saturated carbocycles. The summed E-state index contributed by atoms with van der Waals surface area (Å²) in [5.74, 6) is -0.527. The summed E-state index contributed by atoms with van der Waals surface area (Å²) in [6, 6.07) is 4.12. The van der Waals surface area contributed by atoms with E-state index in [1.54, 1.807) is 6.07 Å². The van der Waals surface area contributed by atoms with Crippen LogP contribution in [0.15, 0.2) is 59.8 Å². The van der Waals surface area contributed by atoms with Crippen molar-refractivity contribution in [3.63, 3.8) is 0 Å². The van der Waals surface area contributed by atoms with Crippen molar-refractivity contribution in [3.05, 3.63) is 70.0 Å². The molecule has 0 spiro atoms. The number of carbonyl (C=O) groups excluding carboxylic acids is 3. The molecule has 10 heteroatoms. The van der Waals surface area contributed by atoms with Gasteiger partial charge in [-0.25, -0.2) is 4.79 Å². The number of nitrogens with zero attached hydrogens (tertiary/aromatic N) is 3. The van der Waals surface area contributed by atoms with Crippen LogP contribution >= 0.6 is 0 Å². The molecule has 1 aromatic carbocycles. The fraction of sp³-hybridized carbons (Fsp3) is 0.423. The van der Waals surface area contributed by atoms with Gasteiger partial charge < -0.3 is 20.4 Å². The average molecular weight is 494 g/mol. The maximum Gasteiger partial charge on any atom is 0.320 e. The summed E-state index contributed by atoms with van der Waals surface area (Å²) < 4.78 is 0. The third-order valence-electron chi connectivity index (χ3n) is 6.71. The third-order valence-corrected chi connectivity index (χ3v) is 6.71. The van der Waals surface area contributed by atoms with Crippen LogP contribution in [0.3, 0.4) is 0 Å². The van der Waals surface area contributed by atoms with Gasteiger partial charge in [0.25, 0.3) is 5.69 Å². The predicted octanol–water partition coefficient (Wildman–Crippen LogP) is 3.74. The second kappa shape index (κ2) is 10.3. The molecule has 10 nitrogen and oxygen atoms in total. The maximum atomic E-state index is 13.6. The molecule has 0 bridgehead atoms. The number of likely N-dealkylation sites (tertiary alicyclic amines) is 1. The van der Waals surface area contributed by atoms with Crippen LogP contribution in [0.1, 0.15) is 39.5 Å². The number of carbonyl (C=O) groups is 3. The maximum absolute atomic E-state index is 13.6. The lowest BCUT2D eigenvalue weighted by Crippen LogP contribution is -2.52. The van der Waals surface area contributed by atoms with Crippen molar-refractivity contribution in [1.82, 2.24) is 15.1 Å². The molecule has 0 aromatic heterocycles. The zero-order chi connectivity index (χ0) is 25.9. The Morgan fingerprint density at radius 2 is 2.03 bits per heavy atom. The Kier molecular flexibility index (Phi) is 7.23. The Labute approximate surface area is 209 Å². The Bertz CT molecular complexity index is 1170. The number of nitro benzene ring substituents is 1. The standard InChI is InChI=1S/C26H31N5O5/c1-26(2)14-7-15-29(17-26)23(32)16-30-21-10-5-3-8-18(21)12-13-20(24(30)33)28-25(34)27-19-9-4-6-11-22(19)31(35)36/h3-6,9-12,20H,7-8,13-17H2,1-2H3,(H2,27,28,34)/t20-/m1/s1. The molecule has 3 aliphatic rings. The van der Waals surface area contributed by atoms with Crippen molar-refractivity contribution in [1.29, 1.82) is 0 Å². The van der Waals surface area contributed by atoms with Gasteiger partial charge >= 0.3 is 6.03 Å². The van der Waals surface area contributed by atoms with Gasteiger partial charge in [0, 0.05) is 24.9 Å². The molecule has 2 heterocycles. The van der Waals surface area contributed by atoms with Gasteiger partial charge in [-0.05, 0) is 48.8 Å². The number of urea groups is 1. The van der Waals surface area contributed by atoms with Gasteiger partial charge in [-0.2, -0.15) is 0 Å². The second-order valence-corrected chi connectivity index (χ2v) is 10.1. The first kappa shape index (κ1) is 25.2. The van der Waals surface area contributed by atoms with Gasteiger partial charge in [0.15, 0.2) is 0 Å². The van der Waals surface area contributed by atoms with Crippen LogP contribution < -0.4 is 10.6 Å². The summed E-state index contributed by atoms with van der Waals surface area (Å²) >= 11 is 0. The van der Waals surface area contributed by atoms with E-state index in [1.807, 2.05) is 29.2 Å². The SMILES string of the molecule is CC1(C)CCCN(C(=O)CN2C(=O)[C@H](NC(=O)Nc3ccccc3[N+](=O)[O-])CC=C3CC=CC=C32)C1. The summed E-state index contributed by atoms with van der Waals surface area (Å²) in [5, 5.41) is 16.4. The lowest BCUT2D eigenvalue weighted by molar-refractivity contribution is -0.383. The zero-order valence-corrected chi connectivity index (χ0v) is 20.5. The number of nitro groups is 1. The largest absolute Gasteiger partial charge is 0.341 e. The van der Waals surface area contributed by atoms with Crippen LogP contribution in [0.2, 0.25) is 0 Å². The molecular formula is C26H31N5O5. The minimum atomic E-state index is -0.933. The van der Waals surface area contributed by atoms with Gasteiger partial charge in [-0.1, -0.05) is 44.2 Å². The summed E-state index contributed by atoms with van der Waals surface area (Å²) in [7, 11) is 0. The summed E-state index contributed by atoms with van der Waals surface area (Å²) in [5.41, 5.74) is 1.38. The molecule has 190 valence electrons. The first-order valence-electron chi connectivity index (χ1n) is 12.1. The molecule has 2 N–H and O–H groups in total. The first-order valence-corrected chi connectivity index (χ1v) is 12.1.